The van der Waals surface area contributed by atoms with Crippen LogP contribution in [0.1, 0.15) is 69.8 Å². The minimum absolute atomic E-state index is 0. The molecular formula is C25H33FN6O. The Morgan fingerprint density at radius 1 is 1.06 bits per heavy atom. The fraction of sp³-hybridized carbons (Fsp3) is 0.480. The monoisotopic (exact) mass is 452 g/mol. The summed E-state index contributed by atoms with van der Waals surface area (Å²) in [4.78, 5) is 14.2. The van der Waals surface area contributed by atoms with Gasteiger partial charge in [-0.2, -0.15) is 0 Å². The molecule has 2 aliphatic rings. The summed E-state index contributed by atoms with van der Waals surface area (Å²) >= 11 is 0. The molecule has 0 atom stereocenters. The lowest BCUT2D eigenvalue weighted by Gasteiger charge is -2.30. The molecule has 5 rings (SSSR count). The number of anilines is 1. The van der Waals surface area contributed by atoms with E-state index in [4.69, 9.17) is 15.7 Å². The normalized spacial score (nSPS) is 18.6. The van der Waals surface area contributed by atoms with Gasteiger partial charge in [-0.25, -0.2) is 19.3 Å². The number of halogens is 1. The van der Waals surface area contributed by atoms with Crippen LogP contribution in [-0.4, -0.2) is 37.7 Å². The molecule has 0 unspecified atom stereocenters. The van der Waals surface area contributed by atoms with E-state index in [1.54, 1.807) is 18.3 Å². The molecule has 1 aliphatic carbocycles. The van der Waals surface area contributed by atoms with Crippen LogP contribution in [0.2, 0.25) is 0 Å². The number of hydrogen-bond acceptors (Lipinski definition) is 6. The van der Waals surface area contributed by atoms with Crippen molar-refractivity contribution in [3.05, 3.63) is 54.0 Å². The third-order valence-electron chi connectivity index (χ3n) is 6.73. The van der Waals surface area contributed by atoms with Gasteiger partial charge in [0.25, 0.3) is 0 Å². The first-order valence-corrected chi connectivity index (χ1v) is 11.5. The zero-order valence-corrected chi connectivity index (χ0v) is 18.1. The van der Waals surface area contributed by atoms with Crippen molar-refractivity contribution in [2.75, 3.05) is 18.8 Å². The van der Waals surface area contributed by atoms with Crippen molar-refractivity contribution in [3.63, 3.8) is 0 Å². The average molecular weight is 453 g/mol. The Kier molecular flexibility index (Phi) is 6.76. The number of rotatable bonds is 4. The summed E-state index contributed by atoms with van der Waals surface area (Å²) in [5.74, 6) is 1.94. The van der Waals surface area contributed by atoms with Crippen LogP contribution < -0.4 is 11.1 Å². The van der Waals surface area contributed by atoms with Gasteiger partial charge in [0.1, 0.15) is 23.1 Å². The maximum atomic E-state index is 13.6. The lowest BCUT2D eigenvalue weighted by atomic mass is 9.89. The summed E-state index contributed by atoms with van der Waals surface area (Å²) in [6.45, 7) is 1.44. The van der Waals surface area contributed by atoms with Crippen molar-refractivity contribution < 1.29 is 9.50 Å². The molecule has 0 amide bonds. The van der Waals surface area contributed by atoms with Gasteiger partial charge >= 0.3 is 0 Å². The zero-order valence-electron chi connectivity index (χ0n) is 18.1. The maximum Gasteiger partial charge on any atom is 0.165 e. The van der Waals surface area contributed by atoms with E-state index in [2.05, 4.69) is 10.3 Å². The molecule has 8 heteroatoms. The van der Waals surface area contributed by atoms with Crippen LogP contribution in [0.15, 0.2) is 36.7 Å². The molecule has 2 aromatic heterocycles. The van der Waals surface area contributed by atoms with Crippen LogP contribution in [0.5, 0.6) is 0 Å². The van der Waals surface area contributed by atoms with Crippen LogP contribution in [0.25, 0.3) is 17.2 Å². The van der Waals surface area contributed by atoms with Crippen LogP contribution in [0.3, 0.4) is 0 Å². The van der Waals surface area contributed by atoms with Crippen molar-refractivity contribution >= 4 is 5.69 Å². The van der Waals surface area contributed by atoms with Crippen LogP contribution in [-0.2, 0) is 5.60 Å². The van der Waals surface area contributed by atoms with Crippen molar-refractivity contribution in [1.82, 2.24) is 24.8 Å². The van der Waals surface area contributed by atoms with Gasteiger partial charge in [0, 0.05) is 17.7 Å². The average Bonchev–Trinajstić information content (AvgIpc) is 3.27. The summed E-state index contributed by atoms with van der Waals surface area (Å²) in [7, 11) is 0. The van der Waals surface area contributed by atoms with Gasteiger partial charge in [0.15, 0.2) is 5.82 Å². The standard InChI is InChI=1S/C24H29FN6O.CH4/c25-18-8-6-17(7-9-18)22-29-20(24(32)10-12-27-13-11-24)15-31(22)23-19(26)14-28-21(30-23)16-4-2-1-3-5-16;/h6-9,14-16,27,32H,1-5,10-13,26H2;1H4. The summed E-state index contributed by atoms with van der Waals surface area (Å²) in [6.07, 6.45) is 10.4. The molecule has 1 saturated carbocycles. The molecule has 0 radical (unpaired) electrons. The van der Waals surface area contributed by atoms with Gasteiger partial charge < -0.3 is 16.2 Å². The van der Waals surface area contributed by atoms with Gasteiger partial charge in [0.05, 0.1) is 17.6 Å². The zero-order chi connectivity index (χ0) is 22.1. The highest BCUT2D eigenvalue weighted by atomic mass is 19.1. The van der Waals surface area contributed by atoms with Crippen molar-refractivity contribution in [1.29, 1.82) is 0 Å². The molecule has 7 nitrogen and oxygen atoms in total. The Balaban J connectivity index is 0.00000259. The van der Waals surface area contributed by atoms with E-state index in [-0.39, 0.29) is 13.2 Å². The van der Waals surface area contributed by atoms with Crippen LogP contribution in [0, 0.1) is 5.82 Å². The fourth-order valence-corrected chi connectivity index (χ4v) is 4.81. The molecule has 1 saturated heterocycles. The molecule has 176 valence electrons. The molecule has 2 fully saturated rings. The highest BCUT2D eigenvalue weighted by Gasteiger charge is 2.35. The number of nitrogens with two attached hydrogens (primary N) is 1. The van der Waals surface area contributed by atoms with Gasteiger partial charge in [-0.1, -0.05) is 26.7 Å². The van der Waals surface area contributed by atoms with Gasteiger partial charge in [0.2, 0.25) is 0 Å². The smallest absolute Gasteiger partial charge is 0.165 e. The van der Waals surface area contributed by atoms with Crippen molar-refractivity contribution in [2.45, 2.75) is 63.9 Å². The van der Waals surface area contributed by atoms with Crippen molar-refractivity contribution in [2.24, 2.45) is 0 Å². The Morgan fingerprint density at radius 2 is 1.76 bits per heavy atom. The third kappa shape index (κ3) is 4.63. The number of nitrogens with zero attached hydrogens (tertiary/aromatic N) is 4. The first-order chi connectivity index (χ1) is 15.5. The Morgan fingerprint density at radius 3 is 2.45 bits per heavy atom. The second kappa shape index (κ2) is 9.57. The molecular weight excluding hydrogens is 419 g/mol. The fourth-order valence-electron chi connectivity index (χ4n) is 4.81. The Labute approximate surface area is 194 Å². The second-order valence-corrected chi connectivity index (χ2v) is 8.95. The van der Waals surface area contributed by atoms with E-state index in [1.165, 1.54) is 31.4 Å². The number of imidazole rings is 1. The summed E-state index contributed by atoms with van der Waals surface area (Å²) < 4.78 is 15.4. The van der Waals surface area contributed by atoms with E-state index in [0.717, 1.165) is 37.3 Å². The largest absolute Gasteiger partial charge is 0.394 e. The summed E-state index contributed by atoms with van der Waals surface area (Å²) in [5.41, 5.74) is 7.06. The number of aliphatic hydroxyl groups is 1. The van der Waals surface area contributed by atoms with E-state index in [1.807, 2.05) is 10.8 Å². The summed E-state index contributed by atoms with van der Waals surface area (Å²) in [6, 6.07) is 6.18. The van der Waals surface area contributed by atoms with E-state index in [9.17, 15) is 9.50 Å². The quantitative estimate of drug-likeness (QED) is 0.545. The third-order valence-corrected chi connectivity index (χ3v) is 6.73. The highest BCUT2D eigenvalue weighted by Crippen LogP contribution is 2.35. The Bertz CT molecular complexity index is 1080. The van der Waals surface area contributed by atoms with E-state index in [0.29, 0.717) is 41.8 Å². The maximum absolute atomic E-state index is 13.6. The number of benzene rings is 1. The van der Waals surface area contributed by atoms with Crippen LogP contribution >= 0.6 is 0 Å². The van der Waals surface area contributed by atoms with E-state index < -0.39 is 5.60 Å². The van der Waals surface area contributed by atoms with Gasteiger partial charge in [-0.15, -0.1) is 0 Å². The lowest BCUT2D eigenvalue weighted by Crippen LogP contribution is -2.39. The number of nitrogens with one attached hydrogen (secondary N) is 1. The molecule has 1 aliphatic heterocycles. The number of piperidine rings is 1. The summed E-state index contributed by atoms with van der Waals surface area (Å²) in [5, 5.41) is 14.6. The number of aromatic nitrogens is 4. The van der Waals surface area contributed by atoms with Gasteiger partial charge in [-0.05, 0) is 63.0 Å². The Hall–Kier alpha value is -2.84. The molecule has 3 heterocycles. The topological polar surface area (TPSA) is 102 Å². The molecule has 4 N–H and O–H groups in total. The lowest BCUT2D eigenvalue weighted by molar-refractivity contribution is 0.00224. The predicted molar refractivity (Wildman–Crippen MR) is 128 cm³/mol. The van der Waals surface area contributed by atoms with Crippen LogP contribution in [0.4, 0.5) is 10.1 Å². The molecule has 0 bridgehead atoms. The highest BCUT2D eigenvalue weighted by molar-refractivity contribution is 5.63. The number of hydrogen-bond donors (Lipinski definition) is 3. The molecule has 33 heavy (non-hydrogen) atoms. The first-order valence-electron chi connectivity index (χ1n) is 11.5. The molecule has 0 spiro atoms. The minimum Gasteiger partial charge on any atom is -0.394 e. The molecule has 1 aromatic carbocycles. The number of nitrogen functional groups attached to an aromatic ring is 1. The first kappa shape index (κ1) is 23.3. The minimum atomic E-state index is -1.03. The van der Waals surface area contributed by atoms with E-state index >= 15 is 0 Å². The van der Waals surface area contributed by atoms with Gasteiger partial charge in [-0.3, -0.25) is 4.57 Å². The predicted octanol–water partition coefficient (Wildman–Crippen LogP) is 4.31. The van der Waals surface area contributed by atoms with Crippen molar-refractivity contribution in [3.8, 4) is 17.2 Å². The molecule has 3 aromatic rings. The SMILES string of the molecule is C.Nc1cnc(C2CCCCC2)nc1-n1cc(C2(O)CCNCC2)nc1-c1ccc(F)cc1. The second-order valence-electron chi connectivity index (χ2n) is 8.95.